The molecule has 1 aliphatic heterocycles. The van der Waals surface area contributed by atoms with Gasteiger partial charge in [-0.1, -0.05) is 30.3 Å². The van der Waals surface area contributed by atoms with E-state index >= 15 is 0 Å². The molecule has 0 unspecified atom stereocenters. The van der Waals surface area contributed by atoms with Gasteiger partial charge in [0.2, 0.25) is 0 Å². The molecule has 9 heteroatoms. The van der Waals surface area contributed by atoms with Gasteiger partial charge in [0.05, 0.1) is 45.1 Å². The summed E-state index contributed by atoms with van der Waals surface area (Å²) in [6.07, 6.45) is -3.45. The van der Waals surface area contributed by atoms with E-state index in [0.717, 1.165) is 19.2 Å². The first-order chi connectivity index (χ1) is 13.3. The molecule has 1 aromatic carbocycles. The number of fused-ring (bicyclic) bond motifs is 1. The number of amides is 1. The number of nitrogens with zero attached hydrogens (tertiary/aromatic N) is 4. The summed E-state index contributed by atoms with van der Waals surface area (Å²) in [6, 6.07) is 9.55. The van der Waals surface area contributed by atoms with Gasteiger partial charge in [-0.2, -0.15) is 18.3 Å². The average Bonchev–Trinajstić information content (AvgIpc) is 3.11. The van der Waals surface area contributed by atoms with Gasteiger partial charge in [0.25, 0.3) is 5.91 Å². The number of piperazine rings is 1. The molecule has 4 rings (SSSR count). The highest BCUT2D eigenvalue weighted by Gasteiger charge is 2.36. The molecule has 0 radical (unpaired) electrons. The number of likely N-dealkylation sites (N-methyl/N-ethyl adjacent to an activating group) is 1. The number of alkyl halides is 3. The van der Waals surface area contributed by atoms with Crippen molar-refractivity contribution >= 4 is 11.6 Å². The summed E-state index contributed by atoms with van der Waals surface area (Å²) < 4.78 is 41.6. The maximum atomic E-state index is 13.6. The number of aromatic nitrogens is 3. The van der Waals surface area contributed by atoms with Crippen LogP contribution < -0.4 is 4.90 Å². The summed E-state index contributed by atoms with van der Waals surface area (Å²) in [5, 5.41) is 3.83. The minimum Gasteiger partial charge on any atom is -0.334 e. The molecule has 1 fully saturated rings. The van der Waals surface area contributed by atoms with Crippen molar-refractivity contribution in [3.63, 3.8) is 0 Å². The molecule has 3 aromatic rings. The van der Waals surface area contributed by atoms with Gasteiger partial charge < -0.3 is 9.80 Å². The zero-order valence-electron chi connectivity index (χ0n) is 15.2. The van der Waals surface area contributed by atoms with E-state index in [2.05, 4.69) is 10.1 Å². The molecule has 28 heavy (non-hydrogen) atoms. The maximum Gasteiger partial charge on any atom is 0.433 e. The molecule has 0 spiro atoms. The number of benzene rings is 1. The smallest absolute Gasteiger partial charge is 0.334 e. The van der Waals surface area contributed by atoms with Crippen LogP contribution in [0.25, 0.3) is 16.9 Å². The maximum absolute atomic E-state index is 13.6. The molecule has 6 nitrogen and oxygen atoms in total. The van der Waals surface area contributed by atoms with E-state index in [-0.39, 0.29) is 22.8 Å². The highest BCUT2D eigenvalue weighted by Crippen LogP contribution is 2.32. The van der Waals surface area contributed by atoms with E-state index in [1.807, 2.05) is 7.05 Å². The molecule has 1 N–H and O–H groups in total. The number of quaternary nitrogens is 1. The van der Waals surface area contributed by atoms with Crippen LogP contribution in [0.2, 0.25) is 0 Å². The van der Waals surface area contributed by atoms with Gasteiger partial charge in [-0.05, 0) is 6.07 Å². The number of carbonyl (C=O) groups is 1. The van der Waals surface area contributed by atoms with Gasteiger partial charge >= 0.3 is 6.18 Å². The molecule has 0 saturated carbocycles. The third kappa shape index (κ3) is 3.33. The van der Waals surface area contributed by atoms with Gasteiger partial charge in [-0.15, -0.1) is 0 Å². The largest absolute Gasteiger partial charge is 0.433 e. The lowest BCUT2D eigenvalue weighted by molar-refractivity contribution is -0.883. The Morgan fingerprint density at radius 3 is 2.46 bits per heavy atom. The van der Waals surface area contributed by atoms with Crippen LogP contribution in [0.15, 0.2) is 42.6 Å². The lowest BCUT2D eigenvalue weighted by Gasteiger charge is -2.29. The number of halogens is 3. The lowest BCUT2D eigenvalue weighted by atomic mass is 10.1. The second-order valence-electron chi connectivity index (χ2n) is 6.93. The molecule has 0 bridgehead atoms. The van der Waals surface area contributed by atoms with E-state index in [0.29, 0.717) is 23.2 Å². The van der Waals surface area contributed by atoms with Crippen LogP contribution in [-0.4, -0.2) is 58.6 Å². The first kappa shape index (κ1) is 18.4. The van der Waals surface area contributed by atoms with Crippen LogP contribution in [0.3, 0.4) is 0 Å². The van der Waals surface area contributed by atoms with Gasteiger partial charge in [0.1, 0.15) is 5.56 Å². The SMILES string of the molecule is C[NH+]1CCN(C(=O)c2cnn3c(C(F)(F)F)cc(-c4ccccc4)nc23)CC1. The van der Waals surface area contributed by atoms with E-state index in [1.54, 1.807) is 35.2 Å². The van der Waals surface area contributed by atoms with Crippen LogP contribution in [0.1, 0.15) is 16.1 Å². The third-order valence-corrected chi connectivity index (χ3v) is 4.97. The first-order valence-corrected chi connectivity index (χ1v) is 8.96. The van der Waals surface area contributed by atoms with E-state index in [1.165, 1.54) is 11.1 Å². The minimum atomic E-state index is -4.63. The van der Waals surface area contributed by atoms with Crippen LogP contribution >= 0.6 is 0 Å². The fraction of sp³-hybridized carbons (Fsp3) is 0.316. The van der Waals surface area contributed by atoms with Crippen molar-refractivity contribution in [1.82, 2.24) is 19.5 Å². The molecule has 0 aliphatic carbocycles. The number of rotatable bonds is 2. The third-order valence-electron chi connectivity index (χ3n) is 4.97. The Morgan fingerprint density at radius 2 is 1.82 bits per heavy atom. The van der Waals surface area contributed by atoms with Gasteiger partial charge in [-0.3, -0.25) is 4.79 Å². The van der Waals surface area contributed by atoms with Gasteiger partial charge in [0.15, 0.2) is 11.3 Å². The van der Waals surface area contributed by atoms with Crippen LogP contribution in [-0.2, 0) is 6.18 Å². The Morgan fingerprint density at radius 1 is 1.14 bits per heavy atom. The highest BCUT2D eigenvalue weighted by atomic mass is 19.4. The zero-order chi connectivity index (χ0) is 19.9. The fourth-order valence-corrected chi connectivity index (χ4v) is 3.33. The predicted molar refractivity (Wildman–Crippen MR) is 95.9 cm³/mol. The number of carbonyl (C=O) groups excluding carboxylic acids is 1. The second-order valence-corrected chi connectivity index (χ2v) is 6.93. The van der Waals surface area contributed by atoms with Crippen molar-refractivity contribution in [3.8, 4) is 11.3 Å². The average molecular weight is 390 g/mol. The molecule has 1 saturated heterocycles. The van der Waals surface area contributed by atoms with Crippen molar-refractivity contribution in [2.24, 2.45) is 0 Å². The van der Waals surface area contributed by atoms with Crippen molar-refractivity contribution in [2.45, 2.75) is 6.18 Å². The summed E-state index contributed by atoms with van der Waals surface area (Å²) in [4.78, 5) is 20.3. The molecule has 1 aliphatic rings. The van der Waals surface area contributed by atoms with Crippen LogP contribution in [0.5, 0.6) is 0 Å². The molecule has 2 aromatic heterocycles. The highest BCUT2D eigenvalue weighted by molar-refractivity contribution is 6.00. The molecule has 1 amide bonds. The monoisotopic (exact) mass is 390 g/mol. The van der Waals surface area contributed by atoms with Gasteiger partial charge in [-0.25, -0.2) is 9.50 Å². The Labute approximate surface area is 159 Å². The zero-order valence-corrected chi connectivity index (χ0v) is 15.2. The summed E-state index contributed by atoms with van der Waals surface area (Å²) >= 11 is 0. The normalized spacial score (nSPS) is 15.9. The lowest BCUT2D eigenvalue weighted by Crippen LogP contribution is -3.12. The van der Waals surface area contributed by atoms with Crippen molar-refractivity contribution in [1.29, 1.82) is 0 Å². The van der Waals surface area contributed by atoms with Crippen LogP contribution in [0, 0.1) is 0 Å². The van der Waals surface area contributed by atoms with E-state index < -0.39 is 11.9 Å². The minimum absolute atomic E-state index is 0.0787. The topological polar surface area (TPSA) is 54.9 Å². The van der Waals surface area contributed by atoms with E-state index in [9.17, 15) is 18.0 Å². The second kappa shape index (κ2) is 6.90. The van der Waals surface area contributed by atoms with Crippen molar-refractivity contribution in [2.75, 3.05) is 33.2 Å². The quantitative estimate of drug-likeness (QED) is 0.720. The molecule has 3 heterocycles. The van der Waals surface area contributed by atoms with Gasteiger partial charge in [0, 0.05) is 5.56 Å². The summed E-state index contributed by atoms with van der Waals surface area (Å²) in [5.41, 5.74) is -0.262. The van der Waals surface area contributed by atoms with Crippen molar-refractivity contribution < 1.29 is 22.9 Å². The Balaban J connectivity index is 1.84. The summed E-state index contributed by atoms with van der Waals surface area (Å²) in [7, 11) is 2.04. The van der Waals surface area contributed by atoms with Crippen molar-refractivity contribution in [3.05, 3.63) is 53.9 Å². The molecular weight excluding hydrogens is 371 g/mol. The summed E-state index contributed by atoms with van der Waals surface area (Å²) in [6.45, 7) is 2.68. The predicted octanol–water partition coefficient (Wildman–Crippen LogP) is 1.39. The van der Waals surface area contributed by atoms with E-state index in [4.69, 9.17) is 0 Å². The molecule has 146 valence electrons. The fourth-order valence-electron chi connectivity index (χ4n) is 3.33. The van der Waals surface area contributed by atoms with Crippen LogP contribution in [0.4, 0.5) is 13.2 Å². The summed E-state index contributed by atoms with van der Waals surface area (Å²) in [5.74, 6) is -0.340. The number of nitrogens with one attached hydrogen (secondary N) is 1. The standard InChI is InChI=1S/C19H18F3N5O/c1-25-7-9-26(10-8-25)18(28)14-12-23-27-16(19(20,21)22)11-15(24-17(14)27)13-5-3-2-4-6-13/h2-6,11-12H,7-10H2,1H3/p+1. The Kier molecular flexibility index (Phi) is 4.54. The Hall–Kier alpha value is -2.94. The number of hydrogen-bond acceptors (Lipinski definition) is 3. The first-order valence-electron chi connectivity index (χ1n) is 8.96. The molecule has 0 atom stereocenters. The number of hydrogen-bond donors (Lipinski definition) is 1. The molecular formula is C19H19F3N5O+. The Bertz CT molecular complexity index is 1010.